The van der Waals surface area contributed by atoms with E-state index in [1.165, 1.54) is 16.8 Å². The molecule has 0 aliphatic carbocycles. The number of rotatable bonds is 6. The van der Waals surface area contributed by atoms with Crippen molar-refractivity contribution in [1.29, 1.82) is 0 Å². The van der Waals surface area contributed by atoms with Crippen LogP contribution in [0.4, 0.5) is 11.4 Å². The fourth-order valence-corrected chi connectivity index (χ4v) is 3.01. The Hall–Kier alpha value is -3.56. The van der Waals surface area contributed by atoms with E-state index in [1.807, 2.05) is 25.1 Å². The van der Waals surface area contributed by atoms with E-state index in [0.717, 1.165) is 10.6 Å². The number of hydrogen-bond donors (Lipinski definition) is 1. The number of halogens is 1. The predicted octanol–water partition coefficient (Wildman–Crippen LogP) is -0.450. The lowest BCUT2D eigenvalue weighted by Crippen LogP contribution is -3.00. The summed E-state index contributed by atoms with van der Waals surface area (Å²) in [5.41, 5.74) is 2.11. The van der Waals surface area contributed by atoms with Crippen LogP contribution in [0.25, 0.3) is 0 Å². The number of nitrogens with zero attached hydrogens (tertiary/aromatic N) is 3. The van der Waals surface area contributed by atoms with Crippen LogP contribution in [0.2, 0.25) is 0 Å². The van der Waals surface area contributed by atoms with Gasteiger partial charge in [0, 0.05) is 11.8 Å². The summed E-state index contributed by atoms with van der Waals surface area (Å²) in [4.78, 5) is 25.2. The third kappa shape index (κ3) is 6.73. The lowest BCUT2D eigenvalue weighted by molar-refractivity contribution is -0.684. The SMILES string of the molecule is Cc1ccc(N(N=S(=O)=O)C(=O)c2ccc[n+](CC(=O)Nc3ccccc3)c2)cc1.[Cl-]. The molecule has 160 valence electrons. The molecule has 2 aromatic carbocycles. The van der Waals surface area contributed by atoms with Gasteiger partial charge >= 0.3 is 10.5 Å². The van der Waals surface area contributed by atoms with E-state index >= 15 is 0 Å². The normalized spacial score (nSPS) is 9.84. The van der Waals surface area contributed by atoms with E-state index in [4.69, 9.17) is 0 Å². The largest absolute Gasteiger partial charge is 1.00 e. The molecule has 3 rings (SSSR count). The summed E-state index contributed by atoms with van der Waals surface area (Å²) in [6.07, 6.45) is 3.11. The van der Waals surface area contributed by atoms with Gasteiger partial charge < -0.3 is 17.7 Å². The molecule has 8 nitrogen and oxygen atoms in total. The Kier molecular flexibility index (Phi) is 8.42. The van der Waals surface area contributed by atoms with Crippen LogP contribution in [0.5, 0.6) is 0 Å². The minimum atomic E-state index is -2.82. The average Bonchev–Trinajstić information content (AvgIpc) is 2.73. The summed E-state index contributed by atoms with van der Waals surface area (Å²) < 4.78 is 27.3. The van der Waals surface area contributed by atoms with Crippen LogP contribution in [0, 0.1) is 6.92 Å². The van der Waals surface area contributed by atoms with Gasteiger partial charge in [0.2, 0.25) is 6.54 Å². The Bertz CT molecular complexity index is 1190. The maximum absolute atomic E-state index is 12.9. The van der Waals surface area contributed by atoms with Crippen LogP contribution in [0.1, 0.15) is 15.9 Å². The molecule has 0 spiro atoms. The number of aromatic nitrogens is 1. The highest BCUT2D eigenvalue weighted by atomic mass is 35.5. The van der Waals surface area contributed by atoms with Crippen molar-refractivity contribution in [3.05, 3.63) is 90.3 Å². The third-order valence-corrected chi connectivity index (χ3v) is 4.40. The van der Waals surface area contributed by atoms with Gasteiger partial charge in [0.25, 0.3) is 11.8 Å². The minimum Gasteiger partial charge on any atom is -1.00 e. The summed E-state index contributed by atoms with van der Waals surface area (Å²) >= 11 is 0. The number of carbonyl (C=O) groups excluding carboxylic acids is 2. The van der Waals surface area contributed by atoms with Crippen LogP contribution in [0.15, 0.2) is 83.6 Å². The third-order valence-electron chi connectivity index (χ3n) is 4.11. The lowest BCUT2D eigenvalue weighted by Gasteiger charge is -2.14. The molecule has 0 fully saturated rings. The van der Waals surface area contributed by atoms with Crippen molar-refractivity contribution in [1.82, 2.24) is 0 Å². The molecule has 0 saturated carbocycles. The Balaban J connectivity index is 0.00000341. The zero-order valence-corrected chi connectivity index (χ0v) is 18.0. The van der Waals surface area contributed by atoms with Gasteiger partial charge in [0.05, 0.1) is 5.69 Å². The quantitative estimate of drug-likeness (QED) is 0.399. The van der Waals surface area contributed by atoms with Gasteiger partial charge in [0.1, 0.15) is 5.56 Å². The number of hydrogen-bond acceptors (Lipinski definition) is 5. The monoisotopic (exact) mass is 458 g/mol. The van der Waals surface area contributed by atoms with Crippen LogP contribution in [0.3, 0.4) is 0 Å². The molecular formula is C21H19ClN4O4S. The molecule has 3 aromatic rings. The summed E-state index contributed by atoms with van der Waals surface area (Å²) in [7, 11) is -2.82. The Labute approximate surface area is 187 Å². The standard InChI is InChI=1S/C21H18N4O4S.ClH/c1-16-9-11-19(12-10-16)25(23-30(28)29)21(27)17-6-5-13-24(14-17)15-20(26)22-18-7-3-2-4-8-18;/h2-14H,15H2,1H3;1H. The van der Waals surface area contributed by atoms with Gasteiger partial charge in [-0.2, -0.15) is 18.0 Å². The molecule has 0 aliphatic rings. The molecule has 0 atom stereocenters. The second kappa shape index (κ2) is 11.0. The number of amides is 2. The Morgan fingerprint density at radius 3 is 2.32 bits per heavy atom. The fourth-order valence-electron chi connectivity index (χ4n) is 2.71. The van der Waals surface area contributed by atoms with Gasteiger partial charge in [-0.1, -0.05) is 35.9 Å². The first-order valence-electron chi connectivity index (χ1n) is 8.98. The minimum absolute atomic E-state index is 0. The first kappa shape index (κ1) is 23.7. The highest BCUT2D eigenvalue weighted by Crippen LogP contribution is 2.18. The average molecular weight is 459 g/mol. The second-order valence-electron chi connectivity index (χ2n) is 6.43. The van der Waals surface area contributed by atoms with Crippen molar-refractivity contribution in [2.75, 3.05) is 10.3 Å². The number of benzene rings is 2. The molecule has 0 aliphatic heterocycles. The van der Waals surface area contributed by atoms with Crippen LogP contribution in [-0.4, -0.2) is 20.2 Å². The number of para-hydroxylation sites is 1. The molecule has 1 aromatic heterocycles. The molecule has 2 amide bonds. The Morgan fingerprint density at radius 1 is 1.00 bits per heavy atom. The van der Waals surface area contributed by atoms with Gasteiger partial charge in [-0.25, -0.2) is 0 Å². The van der Waals surface area contributed by atoms with E-state index in [9.17, 15) is 18.0 Å². The van der Waals surface area contributed by atoms with Gasteiger partial charge in [0.15, 0.2) is 12.4 Å². The number of nitrogens with one attached hydrogen (secondary N) is 1. The van der Waals surface area contributed by atoms with Crippen molar-refractivity contribution >= 4 is 33.7 Å². The van der Waals surface area contributed by atoms with Crippen molar-refractivity contribution in [2.45, 2.75) is 13.5 Å². The summed E-state index contributed by atoms with van der Waals surface area (Å²) in [6.45, 7) is 1.85. The number of anilines is 2. The van der Waals surface area contributed by atoms with E-state index in [2.05, 4.69) is 9.79 Å². The smallest absolute Gasteiger partial charge is 0.333 e. The van der Waals surface area contributed by atoms with E-state index in [0.29, 0.717) is 11.4 Å². The molecule has 31 heavy (non-hydrogen) atoms. The number of aryl methyl sites for hydroxylation is 1. The maximum Gasteiger partial charge on any atom is 0.333 e. The van der Waals surface area contributed by atoms with Gasteiger partial charge in [-0.3, -0.25) is 9.59 Å². The molecule has 1 N–H and O–H groups in total. The van der Waals surface area contributed by atoms with Gasteiger partial charge in [-0.15, -0.1) is 0 Å². The highest BCUT2D eigenvalue weighted by molar-refractivity contribution is 7.61. The lowest BCUT2D eigenvalue weighted by atomic mass is 10.2. The first-order chi connectivity index (χ1) is 14.4. The van der Waals surface area contributed by atoms with Crippen molar-refractivity contribution in [2.24, 2.45) is 4.47 Å². The molecule has 0 radical (unpaired) electrons. The van der Waals surface area contributed by atoms with Gasteiger partial charge in [-0.05, 0) is 41.7 Å². The topological polar surface area (TPSA) is 99.8 Å². The number of carbonyl (C=O) groups is 2. The first-order valence-corrected chi connectivity index (χ1v) is 10.0. The van der Waals surface area contributed by atoms with E-state index in [1.54, 1.807) is 48.7 Å². The molecule has 1 heterocycles. The van der Waals surface area contributed by atoms with E-state index < -0.39 is 16.4 Å². The summed E-state index contributed by atoms with van der Waals surface area (Å²) in [5.74, 6) is -0.905. The molecule has 0 unspecified atom stereocenters. The van der Waals surface area contributed by atoms with Crippen LogP contribution >= 0.6 is 0 Å². The van der Waals surface area contributed by atoms with E-state index in [-0.39, 0.29) is 30.4 Å². The zero-order chi connectivity index (χ0) is 21.5. The molecule has 10 heteroatoms. The maximum atomic E-state index is 12.9. The van der Waals surface area contributed by atoms with Crippen molar-refractivity contribution < 1.29 is 35.0 Å². The van der Waals surface area contributed by atoms with Crippen LogP contribution in [-0.2, 0) is 21.8 Å². The molecular weight excluding hydrogens is 440 g/mol. The summed E-state index contributed by atoms with van der Waals surface area (Å²) in [6, 6.07) is 18.8. The number of pyridine rings is 1. The summed E-state index contributed by atoms with van der Waals surface area (Å²) in [5, 5.41) is 3.58. The highest BCUT2D eigenvalue weighted by Gasteiger charge is 2.21. The van der Waals surface area contributed by atoms with Crippen LogP contribution < -0.4 is 27.3 Å². The zero-order valence-electron chi connectivity index (χ0n) is 16.5. The predicted molar refractivity (Wildman–Crippen MR) is 111 cm³/mol. The fraction of sp³-hybridized carbons (Fsp3) is 0.0952. The van der Waals surface area contributed by atoms with Crippen molar-refractivity contribution in [3.63, 3.8) is 0 Å². The Morgan fingerprint density at radius 2 is 1.68 bits per heavy atom. The molecule has 0 bridgehead atoms. The van der Waals surface area contributed by atoms with Crippen molar-refractivity contribution in [3.8, 4) is 0 Å². The second-order valence-corrected chi connectivity index (χ2v) is 7.03. The molecule has 0 saturated heterocycles.